The number of benzene rings is 2. The van der Waals surface area contributed by atoms with Crippen molar-refractivity contribution in [2.24, 2.45) is 0 Å². The first-order valence-electron chi connectivity index (χ1n) is 10.3. The molecule has 0 bridgehead atoms. The maximum absolute atomic E-state index is 11.3. The number of anilines is 1. The van der Waals surface area contributed by atoms with E-state index in [1.165, 1.54) is 5.56 Å². The summed E-state index contributed by atoms with van der Waals surface area (Å²) in [5.41, 5.74) is 5.06. The van der Waals surface area contributed by atoms with E-state index < -0.39 is 0 Å². The molecule has 0 spiro atoms. The second kappa shape index (κ2) is 9.62. The first kappa shape index (κ1) is 24.2. The van der Waals surface area contributed by atoms with Gasteiger partial charge in [-0.15, -0.1) is 0 Å². The lowest BCUT2D eigenvalue weighted by Gasteiger charge is -2.18. The lowest BCUT2D eigenvalue weighted by atomic mass is 9.88. The minimum absolute atomic E-state index is 0.000866. The third-order valence-corrected chi connectivity index (χ3v) is 5.92. The van der Waals surface area contributed by atoms with Crippen LogP contribution >= 0.6 is 35.4 Å². The summed E-state index contributed by atoms with van der Waals surface area (Å²) in [5.74, 6) is -0.0621. The molecule has 166 valence electrons. The van der Waals surface area contributed by atoms with Gasteiger partial charge in [0, 0.05) is 28.4 Å². The second-order valence-corrected chi connectivity index (χ2v) is 10.1. The maximum atomic E-state index is 11.3. The van der Waals surface area contributed by atoms with Gasteiger partial charge in [0.2, 0.25) is 5.76 Å². The van der Waals surface area contributed by atoms with Gasteiger partial charge in [-0.25, -0.2) is 0 Å². The molecule has 0 radical (unpaired) electrons. The van der Waals surface area contributed by atoms with E-state index in [1.807, 2.05) is 50.5 Å². The van der Waals surface area contributed by atoms with E-state index in [-0.39, 0.29) is 11.2 Å². The Kier molecular flexibility index (Phi) is 7.29. The molecule has 3 rings (SSSR count). The lowest BCUT2D eigenvalue weighted by molar-refractivity contribution is -0.575. The molecule has 6 heteroatoms. The first-order valence-corrected chi connectivity index (χ1v) is 11.4. The average Bonchev–Trinajstić information content (AvgIpc) is 2.68. The monoisotopic (exact) mass is 485 g/mol. The van der Waals surface area contributed by atoms with Crippen LogP contribution in [-0.4, -0.2) is 10.1 Å². The van der Waals surface area contributed by atoms with E-state index in [0.717, 1.165) is 16.8 Å². The second-order valence-electron chi connectivity index (χ2n) is 8.90. The summed E-state index contributed by atoms with van der Waals surface area (Å²) in [5, 5.41) is 15.4. The topological polar surface area (TPSA) is 36.1 Å². The number of rotatable bonds is 4. The van der Waals surface area contributed by atoms with Gasteiger partial charge in [-0.05, 0) is 66.3 Å². The fraction of sp³-hybridized carbons (Fsp3) is 0.231. The van der Waals surface area contributed by atoms with Gasteiger partial charge < -0.3 is 10.4 Å². The van der Waals surface area contributed by atoms with E-state index in [2.05, 4.69) is 32.2 Å². The molecule has 0 saturated carbocycles. The third-order valence-electron chi connectivity index (χ3n) is 5.06. The minimum atomic E-state index is -0.0621. The highest BCUT2D eigenvalue weighted by Gasteiger charge is 2.26. The van der Waals surface area contributed by atoms with Crippen molar-refractivity contribution in [3.63, 3.8) is 0 Å². The van der Waals surface area contributed by atoms with Crippen LogP contribution < -0.4 is 9.88 Å². The first-order chi connectivity index (χ1) is 15.0. The number of hydrogen-bond donors (Lipinski definition) is 2. The zero-order valence-electron chi connectivity index (χ0n) is 18.8. The van der Waals surface area contributed by atoms with Crippen LogP contribution in [0, 0.1) is 13.8 Å². The zero-order chi connectivity index (χ0) is 23.6. The summed E-state index contributed by atoms with van der Waals surface area (Å²) in [6, 6.07) is 15.1. The van der Waals surface area contributed by atoms with Gasteiger partial charge in [0.25, 0.3) is 5.70 Å². The van der Waals surface area contributed by atoms with Crippen molar-refractivity contribution < 1.29 is 9.67 Å². The largest absolute Gasteiger partial charge is 0.502 e. The molecule has 2 N–H and O–H groups in total. The molecular formula is C26H27Cl2N2OS+. The van der Waals surface area contributed by atoms with Gasteiger partial charge in [0.1, 0.15) is 0 Å². The molecule has 3 aromatic rings. The van der Waals surface area contributed by atoms with Crippen LogP contribution in [0.4, 0.5) is 5.69 Å². The minimum Gasteiger partial charge on any atom is -0.502 e. The van der Waals surface area contributed by atoms with Crippen molar-refractivity contribution in [3.05, 3.63) is 93.2 Å². The summed E-state index contributed by atoms with van der Waals surface area (Å²) in [4.78, 5) is 0.358. The zero-order valence-corrected chi connectivity index (χ0v) is 21.2. The predicted molar refractivity (Wildman–Crippen MR) is 140 cm³/mol. The number of aryl methyl sites for hydroxylation is 2. The van der Waals surface area contributed by atoms with Gasteiger partial charge in [-0.3, -0.25) is 0 Å². The van der Waals surface area contributed by atoms with Gasteiger partial charge in [-0.1, -0.05) is 62.3 Å². The highest BCUT2D eigenvalue weighted by atomic mass is 35.5. The molecule has 1 aromatic heterocycles. The summed E-state index contributed by atoms with van der Waals surface area (Å²) in [6.07, 6.45) is 3.78. The molecule has 2 aromatic carbocycles. The van der Waals surface area contributed by atoms with Crippen molar-refractivity contribution in [1.82, 2.24) is 0 Å². The fourth-order valence-corrected chi connectivity index (χ4v) is 4.17. The normalized spacial score (nSPS) is 12.3. The third kappa shape index (κ3) is 5.69. The van der Waals surface area contributed by atoms with Gasteiger partial charge in [0.05, 0.1) is 5.02 Å². The molecule has 0 amide bonds. The highest BCUT2D eigenvalue weighted by molar-refractivity contribution is 7.81. The standard InChI is InChI=1S/C26H26Cl2N2OS/c1-16-12-17(2)14-20(13-16)29-25(32)23(24(31)21-15-19(27)6-7-22(21)28)30-10-8-18(9-11-30)26(3,4)5/h6-15H,1-5H3,(H-,29,31,32)/p+1. The number of nitrogens with zero attached hydrogens (tertiary/aromatic N) is 1. The quantitative estimate of drug-likeness (QED) is 0.173. The van der Waals surface area contributed by atoms with Crippen LogP contribution in [0.25, 0.3) is 11.5 Å². The lowest BCUT2D eigenvalue weighted by Crippen LogP contribution is -2.39. The van der Waals surface area contributed by atoms with Crippen LogP contribution in [0.5, 0.6) is 0 Å². The van der Waals surface area contributed by atoms with Gasteiger partial charge >= 0.3 is 0 Å². The van der Waals surface area contributed by atoms with Crippen LogP contribution in [0.15, 0.2) is 60.9 Å². The molecule has 1 heterocycles. The number of aliphatic hydroxyl groups is 1. The van der Waals surface area contributed by atoms with Crippen molar-refractivity contribution in [2.45, 2.75) is 40.0 Å². The number of nitrogens with one attached hydrogen (secondary N) is 1. The molecule has 0 saturated heterocycles. The van der Waals surface area contributed by atoms with E-state index >= 15 is 0 Å². The molecule has 0 fully saturated rings. The number of aliphatic hydroxyl groups excluding tert-OH is 1. The maximum Gasteiger partial charge on any atom is 0.288 e. The summed E-state index contributed by atoms with van der Waals surface area (Å²) in [6.45, 7) is 10.5. The SMILES string of the molecule is Cc1cc(C)cc(NC(=S)/C(=C(/O)c2cc(Cl)ccc2Cl)[n+]2ccc(C(C)(C)C)cc2)c1. The number of halogens is 2. The Hall–Kier alpha value is -2.40. The smallest absolute Gasteiger partial charge is 0.288 e. The number of pyridine rings is 1. The summed E-state index contributed by atoms with van der Waals surface area (Å²) >= 11 is 18.3. The van der Waals surface area contributed by atoms with Crippen LogP contribution in [-0.2, 0) is 5.41 Å². The van der Waals surface area contributed by atoms with Gasteiger partial charge in [-0.2, -0.15) is 4.57 Å². The number of hydrogen-bond acceptors (Lipinski definition) is 2. The van der Waals surface area contributed by atoms with Crippen molar-refractivity contribution in [2.75, 3.05) is 5.32 Å². The molecular weight excluding hydrogens is 459 g/mol. The average molecular weight is 486 g/mol. The van der Waals surface area contributed by atoms with Crippen molar-refractivity contribution in [1.29, 1.82) is 0 Å². The van der Waals surface area contributed by atoms with Gasteiger partial charge in [0.15, 0.2) is 17.4 Å². The number of aromatic nitrogens is 1. The molecule has 0 unspecified atom stereocenters. The predicted octanol–water partition coefficient (Wildman–Crippen LogP) is 7.52. The molecule has 3 nitrogen and oxygen atoms in total. The van der Waals surface area contributed by atoms with Crippen LogP contribution in [0.2, 0.25) is 10.0 Å². The van der Waals surface area contributed by atoms with E-state index in [9.17, 15) is 5.11 Å². The van der Waals surface area contributed by atoms with Crippen molar-refractivity contribution in [3.8, 4) is 0 Å². The fourth-order valence-electron chi connectivity index (χ4n) is 3.47. The van der Waals surface area contributed by atoms with E-state index in [1.54, 1.807) is 22.8 Å². The van der Waals surface area contributed by atoms with Crippen LogP contribution in [0.3, 0.4) is 0 Å². The Morgan fingerprint density at radius 2 is 1.53 bits per heavy atom. The Morgan fingerprint density at radius 3 is 2.09 bits per heavy atom. The number of thiocarbonyl (C=S) groups is 1. The summed E-state index contributed by atoms with van der Waals surface area (Å²) < 4.78 is 1.79. The summed E-state index contributed by atoms with van der Waals surface area (Å²) in [7, 11) is 0. The van der Waals surface area contributed by atoms with E-state index in [4.69, 9.17) is 35.4 Å². The molecule has 0 aliphatic carbocycles. The highest BCUT2D eigenvalue weighted by Crippen LogP contribution is 2.29. The Labute approximate surface area is 205 Å². The molecule has 0 aliphatic rings. The molecule has 32 heavy (non-hydrogen) atoms. The van der Waals surface area contributed by atoms with Crippen LogP contribution in [0.1, 0.15) is 43.0 Å². The molecule has 0 atom stereocenters. The van der Waals surface area contributed by atoms with E-state index in [0.29, 0.717) is 26.3 Å². The molecule has 0 aliphatic heterocycles. The Balaban J connectivity index is 2.14. The van der Waals surface area contributed by atoms with Crippen molar-refractivity contribution >= 4 is 57.6 Å². The Bertz CT molecular complexity index is 1180. The Morgan fingerprint density at radius 1 is 0.938 bits per heavy atom.